The second kappa shape index (κ2) is 2.47. The topological polar surface area (TPSA) is 35.4 Å². The second-order valence-electron chi connectivity index (χ2n) is 1.57. The van der Waals surface area contributed by atoms with Gasteiger partial charge in [-0.15, -0.1) is 18.6 Å². The third-order valence-electron chi connectivity index (χ3n) is 0.792. The third kappa shape index (κ3) is 2.24. The summed E-state index contributed by atoms with van der Waals surface area (Å²) in [6.07, 6.45) is -3.42. The maximum atomic E-state index is 11.4. The Morgan fingerprint density at radius 2 is 2.20 bits per heavy atom. The minimum Gasteiger partial charge on any atom is -0.309 e. The molecule has 1 unspecified atom stereocenters. The molecule has 6 heteroatoms. The Hall–Kier alpha value is -0.750. The summed E-state index contributed by atoms with van der Waals surface area (Å²) in [6, 6.07) is 0. The number of alkyl halides is 3. The molecule has 1 rings (SSSR count). The van der Waals surface area contributed by atoms with E-state index in [0.717, 1.165) is 6.08 Å². The highest BCUT2D eigenvalue weighted by Crippen LogP contribution is 2.19. The maximum Gasteiger partial charge on any atom is 0.524 e. The Morgan fingerprint density at radius 1 is 1.50 bits per heavy atom. The van der Waals surface area contributed by atoms with E-state index in [0.29, 0.717) is 0 Å². The molecule has 1 atom stereocenters. The summed E-state index contributed by atoms with van der Waals surface area (Å²) in [5.74, 6) is 0. The van der Waals surface area contributed by atoms with Crippen molar-refractivity contribution in [3.8, 4) is 0 Å². The van der Waals surface area contributed by atoms with Crippen LogP contribution in [0.15, 0.2) is 12.3 Å². The first-order valence-electron chi connectivity index (χ1n) is 2.44. The molecule has 0 bridgehead atoms. The fraction of sp³-hybridized carbons (Fsp3) is 0.500. The number of nitrogens with zero attached hydrogens (tertiary/aromatic N) is 1. The zero-order valence-corrected chi connectivity index (χ0v) is 4.72. The van der Waals surface area contributed by atoms with Gasteiger partial charge >= 0.3 is 6.36 Å². The van der Waals surface area contributed by atoms with E-state index in [2.05, 4.69) is 15.6 Å². The Kier molecular flexibility index (Phi) is 1.82. The van der Waals surface area contributed by atoms with E-state index in [4.69, 9.17) is 0 Å². The van der Waals surface area contributed by atoms with Gasteiger partial charge in [0.05, 0.1) is 0 Å². The molecule has 0 aliphatic carbocycles. The van der Waals surface area contributed by atoms with E-state index in [9.17, 15) is 13.2 Å². The second-order valence-corrected chi connectivity index (χ2v) is 1.57. The van der Waals surface area contributed by atoms with E-state index in [1.165, 1.54) is 6.20 Å². The fourth-order valence-electron chi connectivity index (χ4n) is 0.487. The van der Waals surface area contributed by atoms with Crippen molar-refractivity contribution in [2.45, 2.75) is 12.6 Å². The predicted octanol–water partition coefficient (Wildman–Crippen LogP) is 0.485. The number of halogens is 3. The minimum absolute atomic E-state index is 1.16. The fourth-order valence-corrected chi connectivity index (χ4v) is 0.487. The molecule has 10 heavy (non-hydrogen) atoms. The monoisotopic (exact) mass is 153 g/mol. The molecular weight excluding hydrogens is 149 g/mol. The molecule has 0 amide bonds. The first-order valence-corrected chi connectivity index (χ1v) is 2.44. The average Bonchev–Trinajstić information content (AvgIpc) is 2.12. The van der Waals surface area contributed by atoms with Gasteiger partial charge in [0.2, 0.25) is 0 Å². The molecule has 1 N–H and O–H groups in total. The molecule has 1 aliphatic heterocycles. The van der Waals surface area contributed by atoms with Crippen LogP contribution in [-0.2, 0) is 4.74 Å². The van der Waals surface area contributed by atoms with E-state index in [1.807, 2.05) is 0 Å². The lowest BCUT2D eigenvalue weighted by Crippen LogP contribution is -2.30. The lowest BCUT2D eigenvalue weighted by atomic mass is 10.6. The Morgan fingerprint density at radius 3 is 2.60 bits per heavy atom. The normalized spacial score (nSPS) is 24.9. The van der Waals surface area contributed by atoms with Crippen LogP contribution in [0.4, 0.5) is 13.2 Å². The molecule has 1 radical (unpaired) electrons. The van der Waals surface area contributed by atoms with E-state index in [-0.39, 0.29) is 0 Å². The van der Waals surface area contributed by atoms with Crippen molar-refractivity contribution in [2.24, 2.45) is 0 Å². The SMILES string of the molecule is FC(F)(F)OC1C=CN[N]1. The Bertz CT molecular complexity index is 144. The lowest BCUT2D eigenvalue weighted by molar-refractivity contribution is -0.339. The highest BCUT2D eigenvalue weighted by Gasteiger charge is 2.33. The molecule has 0 aromatic rings. The van der Waals surface area contributed by atoms with Crippen LogP contribution in [0.25, 0.3) is 0 Å². The summed E-state index contributed by atoms with van der Waals surface area (Å²) in [6.45, 7) is 0. The van der Waals surface area contributed by atoms with Gasteiger partial charge in [-0.2, -0.15) is 0 Å². The van der Waals surface area contributed by atoms with E-state index < -0.39 is 12.6 Å². The number of rotatable bonds is 1. The van der Waals surface area contributed by atoms with Gasteiger partial charge in [0.1, 0.15) is 0 Å². The van der Waals surface area contributed by atoms with Crippen molar-refractivity contribution in [1.29, 1.82) is 0 Å². The summed E-state index contributed by atoms with van der Waals surface area (Å²) in [7, 11) is 0. The Balaban J connectivity index is 2.31. The smallest absolute Gasteiger partial charge is 0.309 e. The summed E-state index contributed by atoms with van der Waals surface area (Å²) in [5.41, 5.74) is 5.43. The van der Waals surface area contributed by atoms with Crippen molar-refractivity contribution in [3.63, 3.8) is 0 Å². The molecule has 0 aromatic heterocycles. The summed E-state index contributed by atoms with van der Waals surface area (Å²) < 4.78 is 37.6. The van der Waals surface area contributed by atoms with Crippen LogP contribution >= 0.6 is 0 Å². The molecule has 0 fully saturated rings. The van der Waals surface area contributed by atoms with Crippen LogP contribution in [0.1, 0.15) is 0 Å². The molecule has 0 saturated carbocycles. The van der Waals surface area contributed by atoms with Crippen LogP contribution in [0, 0.1) is 0 Å². The van der Waals surface area contributed by atoms with Crippen molar-refractivity contribution in [1.82, 2.24) is 10.9 Å². The van der Waals surface area contributed by atoms with E-state index >= 15 is 0 Å². The van der Waals surface area contributed by atoms with Crippen molar-refractivity contribution in [2.75, 3.05) is 0 Å². The largest absolute Gasteiger partial charge is 0.524 e. The summed E-state index contributed by atoms with van der Waals surface area (Å²) in [4.78, 5) is 0. The molecule has 57 valence electrons. The number of ether oxygens (including phenoxy) is 1. The molecule has 3 nitrogen and oxygen atoms in total. The van der Waals surface area contributed by atoms with Gasteiger partial charge < -0.3 is 5.43 Å². The number of hydrogen-bond acceptors (Lipinski definition) is 2. The van der Waals surface area contributed by atoms with Crippen molar-refractivity contribution in [3.05, 3.63) is 12.3 Å². The van der Waals surface area contributed by atoms with Gasteiger partial charge in [0, 0.05) is 6.20 Å². The quantitative estimate of drug-likeness (QED) is 0.594. The summed E-state index contributed by atoms with van der Waals surface area (Å²) in [5, 5.41) is 0. The van der Waals surface area contributed by atoms with Crippen LogP contribution < -0.4 is 10.9 Å². The third-order valence-corrected chi connectivity index (χ3v) is 0.792. The van der Waals surface area contributed by atoms with Gasteiger partial charge in [0.15, 0.2) is 6.23 Å². The Labute approximate surface area is 54.8 Å². The van der Waals surface area contributed by atoms with E-state index in [1.54, 1.807) is 0 Å². The van der Waals surface area contributed by atoms with Gasteiger partial charge in [-0.3, -0.25) is 4.74 Å². The molecule has 0 spiro atoms. The van der Waals surface area contributed by atoms with Gasteiger partial charge in [-0.05, 0) is 6.08 Å². The molecule has 0 aromatic carbocycles. The van der Waals surface area contributed by atoms with Crippen molar-refractivity contribution < 1.29 is 17.9 Å². The van der Waals surface area contributed by atoms with Gasteiger partial charge in [0.25, 0.3) is 0 Å². The van der Waals surface area contributed by atoms with Crippen LogP contribution in [0.2, 0.25) is 0 Å². The summed E-state index contributed by atoms with van der Waals surface area (Å²) >= 11 is 0. The number of nitrogens with one attached hydrogen (secondary N) is 1. The minimum atomic E-state index is -4.62. The molecule has 1 heterocycles. The zero-order valence-electron chi connectivity index (χ0n) is 4.72. The van der Waals surface area contributed by atoms with Crippen LogP contribution in [0.5, 0.6) is 0 Å². The maximum absolute atomic E-state index is 11.4. The zero-order chi connectivity index (χ0) is 7.61. The van der Waals surface area contributed by atoms with Gasteiger partial charge in [-0.25, -0.2) is 0 Å². The number of hydrogen-bond donors (Lipinski definition) is 1. The van der Waals surface area contributed by atoms with Crippen LogP contribution in [0.3, 0.4) is 0 Å². The van der Waals surface area contributed by atoms with Crippen molar-refractivity contribution >= 4 is 0 Å². The first-order chi connectivity index (χ1) is 4.58. The lowest BCUT2D eigenvalue weighted by Gasteiger charge is -2.10. The standard InChI is InChI=1S/C4H4F3N2O/c5-4(6,7)10-3-1-2-8-9-3/h1-3,8H. The predicted molar refractivity (Wildman–Crippen MR) is 25.3 cm³/mol. The van der Waals surface area contributed by atoms with Crippen LogP contribution in [-0.4, -0.2) is 12.6 Å². The highest BCUT2D eigenvalue weighted by molar-refractivity contribution is 4.91. The molecule has 1 aliphatic rings. The molecule has 0 saturated heterocycles. The first kappa shape index (κ1) is 7.36. The highest BCUT2D eigenvalue weighted by atomic mass is 19.4. The average molecular weight is 153 g/mol. The molecular formula is C4H4F3N2O. The van der Waals surface area contributed by atoms with Gasteiger partial charge in [-0.1, -0.05) is 0 Å².